The number of rotatable bonds is 1. The molecule has 1 rings (SSSR count). The summed E-state index contributed by atoms with van der Waals surface area (Å²) < 4.78 is 0. The van der Waals surface area contributed by atoms with E-state index in [2.05, 4.69) is 26.0 Å². The molecule has 0 aromatic carbocycles. The van der Waals surface area contributed by atoms with E-state index in [0.29, 0.717) is 0 Å². The van der Waals surface area contributed by atoms with Gasteiger partial charge in [-0.2, -0.15) is 0 Å². The highest BCUT2D eigenvalue weighted by molar-refractivity contribution is 4.93. The molecule has 1 aliphatic rings. The second kappa shape index (κ2) is 2.34. The van der Waals surface area contributed by atoms with Crippen molar-refractivity contribution in [3.05, 3.63) is 12.2 Å². The summed E-state index contributed by atoms with van der Waals surface area (Å²) in [5.74, 6) is 1.88. The van der Waals surface area contributed by atoms with Gasteiger partial charge in [0.05, 0.1) is 0 Å². The van der Waals surface area contributed by atoms with Crippen LogP contribution in [0.25, 0.3) is 0 Å². The monoisotopic (exact) mass is 110 g/mol. The van der Waals surface area contributed by atoms with Crippen LogP contribution in [0.1, 0.15) is 26.7 Å². The van der Waals surface area contributed by atoms with Gasteiger partial charge in [0.2, 0.25) is 0 Å². The molecule has 8 heavy (non-hydrogen) atoms. The molecule has 0 N–H and O–H groups in total. The van der Waals surface area contributed by atoms with E-state index in [-0.39, 0.29) is 0 Å². The van der Waals surface area contributed by atoms with Gasteiger partial charge in [-0.05, 0) is 31.6 Å². The maximum absolute atomic E-state index is 2.33. The van der Waals surface area contributed by atoms with E-state index in [1.165, 1.54) is 12.8 Å². The molecule has 0 amide bonds. The summed E-state index contributed by atoms with van der Waals surface area (Å²) in [6.07, 6.45) is 7.36. The first-order valence-electron chi connectivity index (χ1n) is 3.47. The lowest BCUT2D eigenvalue weighted by atomic mass is 9.75. The van der Waals surface area contributed by atoms with Crippen molar-refractivity contribution in [2.24, 2.45) is 11.8 Å². The number of allylic oxidation sites excluding steroid dienone is 2. The molecule has 0 nitrogen and oxygen atoms in total. The Morgan fingerprint density at radius 1 is 1.38 bits per heavy atom. The van der Waals surface area contributed by atoms with Crippen molar-refractivity contribution in [3.8, 4) is 0 Å². The zero-order valence-electron chi connectivity index (χ0n) is 5.72. The third-order valence-electron chi connectivity index (χ3n) is 2.13. The van der Waals surface area contributed by atoms with Crippen molar-refractivity contribution in [3.63, 3.8) is 0 Å². The highest BCUT2D eigenvalue weighted by Gasteiger charge is 2.23. The fourth-order valence-electron chi connectivity index (χ4n) is 1.23. The average Bonchev–Trinajstić information content (AvgIpc) is 1.79. The SMILES string of the molecule is CC=C[C@H]1CC[C@@H]1C. The molecular weight excluding hydrogens is 96.1 g/mol. The Morgan fingerprint density at radius 3 is 2.25 bits per heavy atom. The standard InChI is InChI=1S/C8H14/c1-3-4-8-6-5-7(8)2/h3-4,7-8H,5-6H2,1-2H3/t7-,8-/m0/s1. The fourth-order valence-corrected chi connectivity index (χ4v) is 1.23. The molecule has 0 unspecified atom stereocenters. The predicted octanol–water partition coefficient (Wildman–Crippen LogP) is 2.61. The van der Waals surface area contributed by atoms with Crippen LogP contribution in [-0.4, -0.2) is 0 Å². The van der Waals surface area contributed by atoms with E-state index in [1.807, 2.05) is 0 Å². The third kappa shape index (κ3) is 0.936. The van der Waals surface area contributed by atoms with Crippen LogP contribution >= 0.6 is 0 Å². The summed E-state index contributed by atoms with van der Waals surface area (Å²) in [6, 6.07) is 0. The van der Waals surface area contributed by atoms with E-state index in [1.54, 1.807) is 0 Å². The van der Waals surface area contributed by atoms with Gasteiger partial charge >= 0.3 is 0 Å². The van der Waals surface area contributed by atoms with Gasteiger partial charge in [0, 0.05) is 0 Å². The summed E-state index contributed by atoms with van der Waals surface area (Å²) >= 11 is 0. The number of hydrogen-bond acceptors (Lipinski definition) is 0. The van der Waals surface area contributed by atoms with Gasteiger partial charge < -0.3 is 0 Å². The van der Waals surface area contributed by atoms with Crippen LogP contribution in [0, 0.1) is 11.8 Å². The third-order valence-corrected chi connectivity index (χ3v) is 2.13. The lowest BCUT2D eigenvalue weighted by molar-refractivity contribution is 0.251. The second-order valence-electron chi connectivity index (χ2n) is 2.74. The molecule has 1 saturated carbocycles. The number of hydrogen-bond donors (Lipinski definition) is 0. The Hall–Kier alpha value is -0.260. The van der Waals surface area contributed by atoms with Crippen molar-refractivity contribution >= 4 is 0 Å². The van der Waals surface area contributed by atoms with E-state index in [4.69, 9.17) is 0 Å². The van der Waals surface area contributed by atoms with Crippen LogP contribution in [0.15, 0.2) is 12.2 Å². The molecular formula is C8H14. The van der Waals surface area contributed by atoms with Crippen LogP contribution in [0.2, 0.25) is 0 Å². The lowest BCUT2D eigenvalue weighted by Gasteiger charge is -2.30. The summed E-state index contributed by atoms with van der Waals surface area (Å²) in [5, 5.41) is 0. The summed E-state index contributed by atoms with van der Waals surface area (Å²) in [7, 11) is 0. The van der Waals surface area contributed by atoms with Gasteiger partial charge in [-0.3, -0.25) is 0 Å². The Morgan fingerprint density at radius 2 is 2.12 bits per heavy atom. The molecule has 0 aromatic rings. The van der Waals surface area contributed by atoms with Crippen LogP contribution < -0.4 is 0 Å². The van der Waals surface area contributed by atoms with E-state index >= 15 is 0 Å². The summed E-state index contributed by atoms with van der Waals surface area (Å²) in [5.41, 5.74) is 0. The molecule has 0 heteroatoms. The first kappa shape index (κ1) is 5.87. The minimum Gasteiger partial charge on any atom is -0.0914 e. The first-order valence-corrected chi connectivity index (χ1v) is 3.47. The molecule has 0 saturated heterocycles. The molecule has 1 aliphatic carbocycles. The Kier molecular flexibility index (Phi) is 1.72. The Labute approximate surface area is 51.6 Å². The van der Waals surface area contributed by atoms with Gasteiger partial charge in [-0.25, -0.2) is 0 Å². The highest BCUT2D eigenvalue weighted by atomic mass is 14.3. The Bertz CT molecular complexity index is 92.2. The topological polar surface area (TPSA) is 0 Å². The smallest absolute Gasteiger partial charge is 0.0208 e. The van der Waals surface area contributed by atoms with Gasteiger partial charge in [0.1, 0.15) is 0 Å². The predicted molar refractivity (Wildman–Crippen MR) is 36.7 cm³/mol. The van der Waals surface area contributed by atoms with Crippen molar-refractivity contribution in [2.45, 2.75) is 26.7 Å². The summed E-state index contributed by atoms with van der Waals surface area (Å²) in [6.45, 7) is 4.43. The van der Waals surface area contributed by atoms with Gasteiger partial charge in [-0.1, -0.05) is 19.1 Å². The molecule has 0 bridgehead atoms. The first-order chi connectivity index (χ1) is 3.84. The lowest BCUT2D eigenvalue weighted by Crippen LogP contribution is -2.20. The van der Waals surface area contributed by atoms with Gasteiger partial charge in [0.25, 0.3) is 0 Å². The molecule has 1 fully saturated rings. The molecule has 0 heterocycles. The van der Waals surface area contributed by atoms with Crippen LogP contribution in [0.4, 0.5) is 0 Å². The van der Waals surface area contributed by atoms with E-state index in [9.17, 15) is 0 Å². The zero-order chi connectivity index (χ0) is 5.98. The summed E-state index contributed by atoms with van der Waals surface area (Å²) in [4.78, 5) is 0. The molecule has 0 spiro atoms. The maximum atomic E-state index is 2.33. The normalized spacial score (nSPS) is 37.8. The quantitative estimate of drug-likeness (QED) is 0.455. The fraction of sp³-hybridized carbons (Fsp3) is 0.750. The molecule has 46 valence electrons. The van der Waals surface area contributed by atoms with E-state index < -0.39 is 0 Å². The Balaban J connectivity index is 2.27. The van der Waals surface area contributed by atoms with Crippen molar-refractivity contribution < 1.29 is 0 Å². The maximum Gasteiger partial charge on any atom is -0.0208 e. The van der Waals surface area contributed by atoms with E-state index in [0.717, 1.165) is 11.8 Å². The van der Waals surface area contributed by atoms with Crippen LogP contribution in [0.5, 0.6) is 0 Å². The van der Waals surface area contributed by atoms with Gasteiger partial charge in [-0.15, -0.1) is 0 Å². The second-order valence-corrected chi connectivity index (χ2v) is 2.74. The molecule has 0 aromatic heterocycles. The molecule has 0 radical (unpaired) electrons. The van der Waals surface area contributed by atoms with Crippen molar-refractivity contribution in [2.75, 3.05) is 0 Å². The van der Waals surface area contributed by atoms with Gasteiger partial charge in [0.15, 0.2) is 0 Å². The average molecular weight is 110 g/mol. The van der Waals surface area contributed by atoms with Crippen LogP contribution in [-0.2, 0) is 0 Å². The molecule has 0 aliphatic heterocycles. The highest BCUT2D eigenvalue weighted by Crippen LogP contribution is 2.34. The van der Waals surface area contributed by atoms with Crippen molar-refractivity contribution in [1.29, 1.82) is 0 Å². The minimum atomic E-state index is 0.917. The zero-order valence-corrected chi connectivity index (χ0v) is 5.72. The largest absolute Gasteiger partial charge is 0.0914 e. The minimum absolute atomic E-state index is 0.917. The van der Waals surface area contributed by atoms with Crippen LogP contribution in [0.3, 0.4) is 0 Å². The molecule has 2 atom stereocenters. The van der Waals surface area contributed by atoms with Crippen molar-refractivity contribution in [1.82, 2.24) is 0 Å².